The van der Waals surface area contributed by atoms with Crippen LogP contribution in [0.15, 0.2) is 0 Å². The van der Waals surface area contributed by atoms with E-state index in [2.05, 4.69) is 9.71 Å². The first kappa shape index (κ1) is 11.8. The predicted molar refractivity (Wildman–Crippen MR) is 65.2 cm³/mol. The molecule has 0 fully saturated rings. The molecular formula is C9H15N3O2S2. The zero-order valence-electron chi connectivity index (χ0n) is 8.90. The Kier molecular flexibility index (Phi) is 3.46. The Balaban J connectivity index is 2.03. The van der Waals surface area contributed by atoms with Gasteiger partial charge < -0.3 is 5.73 Å². The third-order valence-electron chi connectivity index (χ3n) is 2.46. The fourth-order valence-corrected chi connectivity index (χ4v) is 4.10. The van der Waals surface area contributed by atoms with Crippen LogP contribution in [0.5, 0.6) is 0 Å². The number of nitrogens with zero attached hydrogens (tertiary/aromatic N) is 1. The third kappa shape index (κ3) is 2.72. The Labute approximate surface area is 99.1 Å². The summed E-state index contributed by atoms with van der Waals surface area (Å²) in [6.07, 6.45) is 3.60. The summed E-state index contributed by atoms with van der Waals surface area (Å²) in [5, 5.41) is 0.502. The molecule has 7 heteroatoms. The summed E-state index contributed by atoms with van der Waals surface area (Å²) in [6, 6.07) is 0. The maximum absolute atomic E-state index is 11.6. The van der Waals surface area contributed by atoms with Crippen molar-refractivity contribution in [3.63, 3.8) is 0 Å². The molecule has 0 atom stereocenters. The second-order valence-electron chi connectivity index (χ2n) is 3.81. The van der Waals surface area contributed by atoms with Gasteiger partial charge in [-0.2, -0.15) is 0 Å². The van der Waals surface area contributed by atoms with Gasteiger partial charge in [-0.05, 0) is 32.2 Å². The zero-order chi connectivity index (χ0) is 11.6. The second kappa shape index (κ2) is 4.68. The topological polar surface area (TPSA) is 85.1 Å². The molecule has 0 saturated heterocycles. The van der Waals surface area contributed by atoms with Crippen molar-refractivity contribution in [1.82, 2.24) is 4.98 Å². The SMILES string of the molecule is NCCCS(=O)(=O)Nc1nc2c(s1)CCC2. The fourth-order valence-electron chi connectivity index (χ4n) is 1.69. The lowest BCUT2D eigenvalue weighted by molar-refractivity contribution is 0.598. The van der Waals surface area contributed by atoms with Crippen molar-refractivity contribution < 1.29 is 8.42 Å². The van der Waals surface area contributed by atoms with Crippen molar-refractivity contribution in [1.29, 1.82) is 0 Å². The van der Waals surface area contributed by atoms with Crippen LogP contribution >= 0.6 is 11.3 Å². The largest absolute Gasteiger partial charge is 0.330 e. The van der Waals surface area contributed by atoms with Crippen molar-refractivity contribution in [2.24, 2.45) is 5.73 Å². The number of hydrogen-bond donors (Lipinski definition) is 2. The molecule has 90 valence electrons. The number of sulfonamides is 1. The molecule has 1 aromatic heterocycles. The highest BCUT2D eigenvalue weighted by molar-refractivity contribution is 7.92. The maximum atomic E-state index is 11.6. The van der Waals surface area contributed by atoms with Crippen LogP contribution in [-0.4, -0.2) is 25.7 Å². The molecule has 0 unspecified atom stereocenters. The molecule has 0 aliphatic heterocycles. The van der Waals surface area contributed by atoms with E-state index in [9.17, 15) is 8.42 Å². The highest BCUT2D eigenvalue weighted by atomic mass is 32.2. The van der Waals surface area contributed by atoms with E-state index < -0.39 is 10.0 Å². The number of aromatic nitrogens is 1. The Morgan fingerprint density at radius 3 is 2.94 bits per heavy atom. The first-order valence-electron chi connectivity index (χ1n) is 5.30. The van der Waals surface area contributed by atoms with Gasteiger partial charge in [0.15, 0.2) is 5.13 Å². The molecule has 5 nitrogen and oxygen atoms in total. The Morgan fingerprint density at radius 2 is 2.25 bits per heavy atom. The number of fused-ring (bicyclic) bond motifs is 1. The van der Waals surface area contributed by atoms with Crippen LogP contribution in [0.25, 0.3) is 0 Å². The van der Waals surface area contributed by atoms with E-state index in [1.807, 2.05) is 0 Å². The van der Waals surface area contributed by atoms with Crippen molar-refractivity contribution in [3.05, 3.63) is 10.6 Å². The van der Waals surface area contributed by atoms with Gasteiger partial charge in [0.1, 0.15) is 0 Å². The number of rotatable bonds is 5. The van der Waals surface area contributed by atoms with Crippen LogP contribution in [0.3, 0.4) is 0 Å². The molecule has 0 radical (unpaired) electrons. The van der Waals surface area contributed by atoms with Gasteiger partial charge in [-0.1, -0.05) is 0 Å². The smallest absolute Gasteiger partial charge is 0.234 e. The summed E-state index contributed by atoms with van der Waals surface area (Å²) in [5.41, 5.74) is 6.34. The average Bonchev–Trinajstić information content (AvgIpc) is 2.74. The van der Waals surface area contributed by atoms with Gasteiger partial charge in [-0.15, -0.1) is 11.3 Å². The van der Waals surface area contributed by atoms with Crippen molar-refractivity contribution in [3.8, 4) is 0 Å². The van der Waals surface area contributed by atoms with Gasteiger partial charge >= 0.3 is 0 Å². The number of hydrogen-bond acceptors (Lipinski definition) is 5. The summed E-state index contributed by atoms with van der Waals surface area (Å²) in [4.78, 5) is 5.50. The predicted octanol–water partition coefficient (Wildman–Crippen LogP) is 0.722. The molecule has 0 aromatic carbocycles. The molecule has 1 aliphatic rings. The summed E-state index contributed by atoms with van der Waals surface area (Å²) >= 11 is 1.45. The van der Waals surface area contributed by atoms with Crippen molar-refractivity contribution in [2.75, 3.05) is 17.0 Å². The summed E-state index contributed by atoms with van der Waals surface area (Å²) in [6.45, 7) is 0.384. The Morgan fingerprint density at radius 1 is 1.44 bits per heavy atom. The summed E-state index contributed by atoms with van der Waals surface area (Å²) < 4.78 is 25.7. The number of nitrogens with one attached hydrogen (secondary N) is 1. The average molecular weight is 261 g/mol. The monoisotopic (exact) mass is 261 g/mol. The molecule has 16 heavy (non-hydrogen) atoms. The third-order valence-corrected chi connectivity index (χ3v) is 4.99. The summed E-state index contributed by atoms with van der Waals surface area (Å²) in [7, 11) is -3.27. The molecule has 3 N–H and O–H groups in total. The standard InChI is InChI=1S/C9H15N3O2S2/c10-5-2-6-16(13,14)12-9-11-7-3-1-4-8(7)15-9/h1-6,10H2,(H,11,12). The van der Waals surface area contributed by atoms with E-state index in [1.165, 1.54) is 16.2 Å². The summed E-state index contributed by atoms with van der Waals surface area (Å²) in [5.74, 6) is 0.0632. The molecular weight excluding hydrogens is 246 g/mol. The highest BCUT2D eigenvalue weighted by Crippen LogP contribution is 2.30. The van der Waals surface area contributed by atoms with Gasteiger partial charge in [-0.3, -0.25) is 4.72 Å². The van der Waals surface area contributed by atoms with Crippen molar-refractivity contribution in [2.45, 2.75) is 25.7 Å². The Bertz CT molecular complexity index is 446. The first-order chi connectivity index (χ1) is 7.61. The van der Waals surface area contributed by atoms with E-state index in [0.717, 1.165) is 25.0 Å². The van der Waals surface area contributed by atoms with E-state index >= 15 is 0 Å². The maximum Gasteiger partial charge on any atom is 0.234 e. The van der Waals surface area contributed by atoms with Gasteiger partial charge in [0, 0.05) is 4.88 Å². The molecule has 1 aliphatic carbocycles. The second-order valence-corrected chi connectivity index (χ2v) is 6.73. The first-order valence-corrected chi connectivity index (χ1v) is 7.77. The van der Waals surface area contributed by atoms with E-state index in [4.69, 9.17) is 5.73 Å². The molecule has 0 spiro atoms. The molecule has 0 bridgehead atoms. The molecule has 1 heterocycles. The molecule has 1 aromatic rings. The normalized spacial score (nSPS) is 15.1. The number of aryl methyl sites for hydroxylation is 2. The van der Waals surface area contributed by atoms with Gasteiger partial charge in [0.05, 0.1) is 11.4 Å². The van der Waals surface area contributed by atoms with E-state index in [1.54, 1.807) is 0 Å². The van der Waals surface area contributed by atoms with Gasteiger partial charge in [0.25, 0.3) is 0 Å². The van der Waals surface area contributed by atoms with Gasteiger partial charge in [-0.25, -0.2) is 13.4 Å². The van der Waals surface area contributed by atoms with Crippen LogP contribution in [0.2, 0.25) is 0 Å². The number of anilines is 1. The van der Waals surface area contributed by atoms with Crippen LogP contribution in [0, 0.1) is 0 Å². The molecule has 0 saturated carbocycles. The lowest BCUT2D eigenvalue weighted by Crippen LogP contribution is -2.18. The Hall–Kier alpha value is -0.660. The minimum Gasteiger partial charge on any atom is -0.330 e. The quantitative estimate of drug-likeness (QED) is 0.818. The lowest BCUT2D eigenvalue weighted by atomic mass is 10.4. The fraction of sp³-hybridized carbons (Fsp3) is 0.667. The van der Waals surface area contributed by atoms with Crippen LogP contribution in [-0.2, 0) is 22.9 Å². The minimum atomic E-state index is -3.27. The van der Waals surface area contributed by atoms with E-state index in [-0.39, 0.29) is 5.75 Å². The molecule has 2 rings (SSSR count). The van der Waals surface area contributed by atoms with Gasteiger partial charge in [0.2, 0.25) is 10.0 Å². The highest BCUT2D eigenvalue weighted by Gasteiger charge is 2.19. The molecule has 0 amide bonds. The van der Waals surface area contributed by atoms with Crippen LogP contribution < -0.4 is 10.5 Å². The minimum absolute atomic E-state index is 0.0632. The number of nitrogens with two attached hydrogens (primary N) is 1. The number of thiazole rings is 1. The lowest BCUT2D eigenvalue weighted by Gasteiger charge is -2.03. The van der Waals surface area contributed by atoms with Crippen LogP contribution in [0.4, 0.5) is 5.13 Å². The zero-order valence-corrected chi connectivity index (χ0v) is 10.5. The van der Waals surface area contributed by atoms with E-state index in [0.29, 0.717) is 18.1 Å². The van der Waals surface area contributed by atoms with Crippen LogP contribution in [0.1, 0.15) is 23.4 Å². The van der Waals surface area contributed by atoms with Crippen molar-refractivity contribution >= 4 is 26.5 Å².